The normalized spacial score (nSPS) is 23.4. The van der Waals surface area contributed by atoms with Crippen LogP contribution in [0.5, 0.6) is 0 Å². The number of amides is 1. The van der Waals surface area contributed by atoms with E-state index in [9.17, 15) is 9.90 Å². The van der Waals surface area contributed by atoms with E-state index in [0.717, 1.165) is 5.56 Å². The van der Waals surface area contributed by atoms with Gasteiger partial charge in [-0.2, -0.15) is 4.98 Å². The van der Waals surface area contributed by atoms with Crippen LogP contribution in [-0.4, -0.2) is 33.8 Å². The Balaban J connectivity index is 1.59. The van der Waals surface area contributed by atoms with Crippen molar-refractivity contribution in [2.75, 3.05) is 6.54 Å². The first-order chi connectivity index (χ1) is 11.4. The Labute approximate surface area is 145 Å². The molecule has 1 aliphatic rings. The monoisotopic (exact) mass is 349 g/mol. The van der Waals surface area contributed by atoms with Crippen LogP contribution in [0.2, 0.25) is 5.02 Å². The van der Waals surface area contributed by atoms with Crippen LogP contribution in [0, 0.1) is 19.8 Å². The molecule has 2 N–H and O–H groups in total. The van der Waals surface area contributed by atoms with Crippen molar-refractivity contribution in [1.82, 2.24) is 15.5 Å². The molecule has 128 valence electrons. The van der Waals surface area contributed by atoms with Crippen molar-refractivity contribution in [2.24, 2.45) is 5.92 Å². The smallest absolute Gasteiger partial charge is 0.251 e. The van der Waals surface area contributed by atoms with Gasteiger partial charge in [-0.1, -0.05) is 16.8 Å². The lowest BCUT2D eigenvalue weighted by Crippen LogP contribution is -2.32. The summed E-state index contributed by atoms with van der Waals surface area (Å²) in [4.78, 5) is 16.5. The molecular weight excluding hydrogens is 330 g/mol. The largest absolute Gasteiger partial charge is 0.393 e. The number of hydrogen-bond acceptors (Lipinski definition) is 5. The van der Waals surface area contributed by atoms with Crippen molar-refractivity contribution in [3.8, 4) is 0 Å². The van der Waals surface area contributed by atoms with Gasteiger partial charge in [0, 0.05) is 29.0 Å². The van der Waals surface area contributed by atoms with E-state index in [1.165, 1.54) is 0 Å². The van der Waals surface area contributed by atoms with Crippen LogP contribution in [0.3, 0.4) is 0 Å². The predicted molar refractivity (Wildman–Crippen MR) is 89.0 cm³/mol. The van der Waals surface area contributed by atoms with Gasteiger partial charge in [-0.15, -0.1) is 0 Å². The van der Waals surface area contributed by atoms with E-state index in [0.29, 0.717) is 41.7 Å². The third-order valence-corrected chi connectivity index (χ3v) is 4.60. The van der Waals surface area contributed by atoms with Crippen LogP contribution in [0.4, 0.5) is 0 Å². The molecule has 1 amide bonds. The van der Waals surface area contributed by atoms with Crippen molar-refractivity contribution in [3.05, 3.63) is 46.1 Å². The zero-order valence-corrected chi connectivity index (χ0v) is 14.4. The molecule has 0 spiro atoms. The van der Waals surface area contributed by atoms with Gasteiger partial charge in [0.05, 0.1) is 6.10 Å². The quantitative estimate of drug-likeness (QED) is 0.885. The standard InChI is InChI=1S/C17H20ClN3O3/c1-9-3-11(6-14(18)4-9)16(23)19-8-13-5-12(7-15(13)22)17-20-10(2)21-24-17/h3-4,6,12-13,15,22H,5,7-8H2,1-2H3,(H,19,23)/t12-,13+,15+/m0/s1. The summed E-state index contributed by atoms with van der Waals surface area (Å²) in [6, 6.07) is 5.23. The van der Waals surface area contributed by atoms with Crippen LogP contribution in [0.15, 0.2) is 22.7 Å². The van der Waals surface area contributed by atoms with E-state index in [4.69, 9.17) is 16.1 Å². The highest BCUT2D eigenvalue weighted by Crippen LogP contribution is 2.37. The molecule has 3 atom stereocenters. The van der Waals surface area contributed by atoms with Crippen LogP contribution in [-0.2, 0) is 0 Å². The Morgan fingerprint density at radius 2 is 2.17 bits per heavy atom. The number of nitrogens with zero attached hydrogens (tertiary/aromatic N) is 2. The lowest BCUT2D eigenvalue weighted by Gasteiger charge is -2.15. The maximum absolute atomic E-state index is 12.3. The molecule has 1 aromatic carbocycles. The van der Waals surface area contributed by atoms with Gasteiger partial charge in [-0.05, 0) is 50.5 Å². The third-order valence-electron chi connectivity index (χ3n) is 4.38. The van der Waals surface area contributed by atoms with Crippen molar-refractivity contribution in [3.63, 3.8) is 0 Å². The minimum Gasteiger partial charge on any atom is -0.393 e. The van der Waals surface area contributed by atoms with E-state index in [1.807, 2.05) is 6.92 Å². The number of aryl methyl sites for hydroxylation is 2. The van der Waals surface area contributed by atoms with Crippen molar-refractivity contribution < 1.29 is 14.4 Å². The summed E-state index contributed by atoms with van der Waals surface area (Å²) in [6.45, 7) is 4.05. The second-order valence-corrected chi connectivity index (χ2v) is 6.84. The van der Waals surface area contributed by atoms with Crippen LogP contribution >= 0.6 is 11.6 Å². The zero-order valence-electron chi connectivity index (χ0n) is 13.6. The summed E-state index contributed by atoms with van der Waals surface area (Å²) in [5.74, 6) is 0.964. The minimum atomic E-state index is -0.497. The van der Waals surface area contributed by atoms with Crippen molar-refractivity contribution in [1.29, 1.82) is 0 Å². The minimum absolute atomic E-state index is 0.0357. The topological polar surface area (TPSA) is 88.3 Å². The van der Waals surface area contributed by atoms with E-state index >= 15 is 0 Å². The Morgan fingerprint density at radius 1 is 1.38 bits per heavy atom. The fourth-order valence-corrected chi connectivity index (χ4v) is 3.49. The molecule has 3 rings (SSSR count). The Bertz CT molecular complexity index is 726. The molecule has 1 fully saturated rings. The van der Waals surface area contributed by atoms with Crippen LogP contribution in [0.25, 0.3) is 0 Å². The van der Waals surface area contributed by atoms with Gasteiger partial charge in [-0.3, -0.25) is 4.79 Å². The number of halogens is 1. The predicted octanol–water partition coefficient (Wildman–Crippen LogP) is 2.62. The number of aromatic nitrogens is 2. The summed E-state index contributed by atoms with van der Waals surface area (Å²) in [7, 11) is 0. The molecule has 1 aromatic heterocycles. The van der Waals surface area contributed by atoms with Gasteiger partial charge in [0.25, 0.3) is 5.91 Å². The van der Waals surface area contributed by atoms with Gasteiger partial charge in [0.2, 0.25) is 5.89 Å². The first-order valence-electron chi connectivity index (χ1n) is 7.96. The highest BCUT2D eigenvalue weighted by molar-refractivity contribution is 6.31. The van der Waals surface area contributed by atoms with Crippen molar-refractivity contribution >= 4 is 17.5 Å². The van der Waals surface area contributed by atoms with Gasteiger partial charge in [0.15, 0.2) is 5.82 Å². The molecule has 0 radical (unpaired) electrons. The maximum atomic E-state index is 12.3. The molecule has 0 saturated heterocycles. The van der Waals surface area contributed by atoms with Crippen molar-refractivity contribution in [2.45, 2.75) is 38.7 Å². The first-order valence-corrected chi connectivity index (χ1v) is 8.34. The van der Waals surface area contributed by atoms with Crippen LogP contribution < -0.4 is 5.32 Å². The summed E-state index contributed by atoms with van der Waals surface area (Å²) >= 11 is 5.99. The molecule has 6 nitrogen and oxygen atoms in total. The summed E-state index contributed by atoms with van der Waals surface area (Å²) in [6.07, 6.45) is 0.777. The van der Waals surface area contributed by atoms with Gasteiger partial charge in [0.1, 0.15) is 0 Å². The number of carbonyl (C=O) groups is 1. The molecule has 0 aliphatic heterocycles. The third kappa shape index (κ3) is 3.76. The number of benzene rings is 1. The molecule has 1 aliphatic carbocycles. The van der Waals surface area contributed by atoms with E-state index in [2.05, 4.69) is 15.5 Å². The SMILES string of the molecule is Cc1cc(Cl)cc(C(=O)NC[C@H]2C[C@H](c3nc(C)no3)C[C@H]2O)c1. The number of nitrogens with one attached hydrogen (secondary N) is 1. The molecule has 2 aromatic rings. The lowest BCUT2D eigenvalue weighted by molar-refractivity contribution is 0.0916. The molecule has 7 heteroatoms. The second-order valence-electron chi connectivity index (χ2n) is 6.40. The number of aliphatic hydroxyl groups is 1. The molecule has 1 saturated carbocycles. The maximum Gasteiger partial charge on any atom is 0.251 e. The average Bonchev–Trinajstić information content (AvgIpc) is 3.10. The van der Waals surface area contributed by atoms with E-state index in [1.54, 1.807) is 25.1 Å². The molecule has 24 heavy (non-hydrogen) atoms. The molecule has 0 bridgehead atoms. The van der Waals surface area contributed by atoms with Crippen LogP contribution in [0.1, 0.15) is 46.4 Å². The van der Waals surface area contributed by atoms with E-state index < -0.39 is 6.10 Å². The Morgan fingerprint density at radius 3 is 2.83 bits per heavy atom. The fourth-order valence-electron chi connectivity index (χ4n) is 3.20. The number of rotatable bonds is 4. The Hall–Kier alpha value is -1.92. The summed E-state index contributed by atoms with van der Waals surface area (Å²) < 4.78 is 5.19. The summed E-state index contributed by atoms with van der Waals surface area (Å²) in [5.41, 5.74) is 1.46. The molecule has 1 heterocycles. The molecular formula is C17H20ClN3O3. The van der Waals surface area contributed by atoms with E-state index in [-0.39, 0.29) is 17.7 Å². The zero-order chi connectivity index (χ0) is 17.3. The second kappa shape index (κ2) is 6.91. The highest BCUT2D eigenvalue weighted by Gasteiger charge is 2.36. The highest BCUT2D eigenvalue weighted by atomic mass is 35.5. The number of carbonyl (C=O) groups excluding carboxylic acids is 1. The van der Waals surface area contributed by atoms with Gasteiger partial charge < -0.3 is 14.9 Å². The summed E-state index contributed by atoms with van der Waals surface area (Å²) in [5, 5.41) is 17.4. The van der Waals surface area contributed by atoms with Gasteiger partial charge >= 0.3 is 0 Å². The first kappa shape index (κ1) is 16.9. The number of aliphatic hydroxyl groups excluding tert-OH is 1. The average molecular weight is 350 g/mol. The fraction of sp³-hybridized carbons (Fsp3) is 0.471. The molecule has 0 unspecified atom stereocenters. The Kier molecular flexibility index (Phi) is 4.87. The number of hydrogen-bond donors (Lipinski definition) is 2. The lowest BCUT2D eigenvalue weighted by atomic mass is 10.0. The van der Waals surface area contributed by atoms with Gasteiger partial charge in [-0.25, -0.2) is 0 Å².